The van der Waals surface area contributed by atoms with Crippen molar-refractivity contribution in [3.05, 3.63) is 60.9 Å². The number of halogens is 1. The van der Waals surface area contributed by atoms with E-state index >= 15 is 0 Å². The van der Waals surface area contributed by atoms with Crippen molar-refractivity contribution in [1.82, 2.24) is 29.9 Å². The molecule has 5 rings (SSSR count). The zero-order valence-corrected chi connectivity index (χ0v) is 14.7. The molecule has 0 fully saturated rings. The lowest BCUT2D eigenvalue weighted by Crippen LogP contribution is -1.93. The molecule has 0 unspecified atom stereocenters. The van der Waals surface area contributed by atoms with Gasteiger partial charge in [-0.25, -0.2) is 9.37 Å². The van der Waals surface area contributed by atoms with E-state index in [1.807, 2.05) is 19.3 Å². The van der Waals surface area contributed by atoms with E-state index in [9.17, 15) is 4.39 Å². The second kappa shape index (κ2) is 6.31. The van der Waals surface area contributed by atoms with E-state index in [2.05, 4.69) is 30.6 Å². The van der Waals surface area contributed by atoms with Gasteiger partial charge in [0, 0.05) is 42.2 Å². The number of anilines is 2. The van der Waals surface area contributed by atoms with Gasteiger partial charge in [0.05, 0.1) is 17.4 Å². The number of nitrogens with zero attached hydrogens (tertiary/aromatic N) is 5. The fourth-order valence-electron chi connectivity index (χ4n) is 2.97. The third-order valence-electron chi connectivity index (χ3n) is 4.34. The number of nitrogens with one attached hydrogen (secondary N) is 2. The molecular formula is C19H14FN7O. The highest BCUT2D eigenvalue weighted by Gasteiger charge is 2.16. The van der Waals surface area contributed by atoms with Crippen LogP contribution in [0.3, 0.4) is 0 Å². The van der Waals surface area contributed by atoms with Gasteiger partial charge in [0.15, 0.2) is 0 Å². The Morgan fingerprint density at radius 1 is 1.14 bits per heavy atom. The lowest BCUT2D eigenvalue weighted by Gasteiger charge is -2.01. The Balaban J connectivity index is 1.51. The molecule has 0 spiro atoms. The summed E-state index contributed by atoms with van der Waals surface area (Å²) in [6.07, 6.45) is 7.22. The number of para-hydroxylation sites is 1. The molecule has 0 saturated heterocycles. The zero-order valence-electron chi connectivity index (χ0n) is 14.7. The molecule has 4 heterocycles. The molecule has 4 aromatic heterocycles. The summed E-state index contributed by atoms with van der Waals surface area (Å²) in [5, 5.41) is 15.9. The van der Waals surface area contributed by atoms with Gasteiger partial charge in [-0.05, 0) is 18.2 Å². The van der Waals surface area contributed by atoms with Gasteiger partial charge in [0.25, 0.3) is 5.89 Å². The Morgan fingerprint density at radius 2 is 2.04 bits per heavy atom. The normalized spacial score (nSPS) is 11.2. The highest BCUT2D eigenvalue weighted by atomic mass is 19.1. The topological polar surface area (TPSA) is 97.5 Å². The Kier molecular flexibility index (Phi) is 3.64. The molecular weight excluding hydrogens is 361 g/mol. The van der Waals surface area contributed by atoms with Crippen molar-refractivity contribution in [2.24, 2.45) is 7.05 Å². The van der Waals surface area contributed by atoms with Gasteiger partial charge in [-0.15, -0.1) is 5.10 Å². The number of aromatic nitrogens is 6. The number of rotatable bonds is 4. The van der Waals surface area contributed by atoms with Crippen LogP contribution in [0.15, 0.2) is 59.5 Å². The van der Waals surface area contributed by atoms with Crippen LogP contribution in [0.1, 0.15) is 0 Å². The van der Waals surface area contributed by atoms with Crippen molar-refractivity contribution in [3.63, 3.8) is 0 Å². The fraction of sp³-hybridized carbons (Fsp3) is 0.0526. The summed E-state index contributed by atoms with van der Waals surface area (Å²) in [4.78, 5) is 7.55. The van der Waals surface area contributed by atoms with E-state index in [1.54, 1.807) is 41.5 Å². The highest BCUT2D eigenvalue weighted by Crippen LogP contribution is 2.31. The molecule has 0 bridgehead atoms. The molecule has 5 aromatic rings. The number of benzene rings is 1. The first-order chi connectivity index (χ1) is 13.7. The van der Waals surface area contributed by atoms with Crippen LogP contribution in [0.2, 0.25) is 0 Å². The van der Waals surface area contributed by atoms with Crippen LogP contribution >= 0.6 is 0 Å². The Morgan fingerprint density at radius 3 is 2.86 bits per heavy atom. The predicted octanol–water partition coefficient (Wildman–Crippen LogP) is 3.90. The second-order valence-corrected chi connectivity index (χ2v) is 6.24. The summed E-state index contributed by atoms with van der Waals surface area (Å²) >= 11 is 0. The van der Waals surface area contributed by atoms with Crippen LogP contribution in [0.4, 0.5) is 16.1 Å². The van der Waals surface area contributed by atoms with Crippen LogP contribution in [0.25, 0.3) is 33.6 Å². The number of H-pyrrole nitrogens is 1. The molecule has 8 nitrogen and oxygen atoms in total. The third-order valence-corrected chi connectivity index (χ3v) is 4.34. The van der Waals surface area contributed by atoms with Crippen LogP contribution in [0.5, 0.6) is 0 Å². The molecule has 0 aliphatic carbocycles. The van der Waals surface area contributed by atoms with Gasteiger partial charge in [-0.2, -0.15) is 5.10 Å². The highest BCUT2D eigenvalue weighted by molar-refractivity contribution is 5.93. The summed E-state index contributed by atoms with van der Waals surface area (Å²) in [6.45, 7) is 0. The number of hydrogen-bond donors (Lipinski definition) is 2. The largest absolute Gasteiger partial charge is 0.403 e. The van der Waals surface area contributed by atoms with Gasteiger partial charge < -0.3 is 14.7 Å². The predicted molar refractivity (Wildman–Crippen MR) is 101 cm³/mol. The van der Waals surface area contributed by atoms with Crippen molar-refractivity contribution in [3.8, 4) is 22.6 Å². The third kappa shape index (κ3) is 2.78. The second-order valence-electron chi connectivity index (χ2n) is 6.24. The van der Waals surface area contributed by atoms with E-state index in [4.69, 9.17) is 4.42 Å². The maximum absolute atomic E-state index is 13.8. The number of fused-ring (bicyclic) bond motifs is 1. The maximum atomic E-state index is 13.8. The smallest absolute Gasteiger partial charge is 0.320 e. The summed E-state index contributed by atoms with van der Waals surface area (Å²) in [6, 6.07) is 8.36. The van der Waals surface area contributed by atoms with E-state index in [0.29, 0.717) is 17.1 Å². The van der Waals surface area contributed by atoms with Crippen LogP contribution in [-0.2, 0) is 7.05 Å². The standard InChI is InChI=1S/C19H14FN7O/c1-27-10-12(8-23-27)11-6-13-14(9-22-17(13)21-7-11)18-25-26-19(28-18)24-16-5-3-2-4-15(16)20/h2-10H,1H3,(H,21,22)(H,24,26). The molecule has 0 radical (unpaired) electrons. The lowest BCUT2D eigenvalue weighted by molar-refractivity contribution is 0.584. The van der Waals surface area contributed by atoms with E-state index in [0.717, 1.165) is 16.5 Å². The van der Waals surface area contributed by atoms with Crippen LogP contribution in [0, 0.1) is 5.82 Å². The van der Waals surface area contributed by atoms with Crippen molar-refractivity contribution in [1.29, 1.82) is 0 Å². The SMILES string of the molecule is Cn1cc(-c2cnc3[nH]cc(-c4nnc(Nc5ccccc5F)o4)c3c2)cn1. The molecule has 0 saturated carbocycles. The van der Waals surface area contributed by atoms with E-state index in [-0.39, 0.29) is 11.7 Å². The zero-order chi connectivity index (χ0) is 19.1. The van der Waals surface area contributed by atoms with Crippen LogP contribution < -0.4 is 5.32 Å². The van der Waals surface area contributed by atoms with Crippen molar-refractivity contribution < 1.29 is 8.81 Å². The minimum absolute atomic E-state index is 0.103. The molecule has 0 aliphatic heterocycles. The van der Waals surface area contributed by atoms with Gasteiger partial charge in [0.2, 0.25) is 0 Å². The molecule has 2 N–H and O–H groups in total. The number of pyridine rings is 1. The molecule has 0 atom stereocenters. The molecule has 0 aliphatic rings. The lowest BCUT2D eigenvalue weighted by atomic mass is 10.1. The fourth-order valence-corrected chi connectivity index (χ4v) is 2.97. The number of hydrogen-bond acceptors (Lipinski definition) is 6. The Bertz CT molecular complexity index is 1290. The Hall–Kier alpha value is -4.01. The Labute approximate surface area is 158 Å². The first kappa shape index (κ1) is 16.2. The summed E-state index contributed by atoms with van der Waals surface area (Å²) in [5.41, 5.74) is 3.55. The summed E-state index contributed by atoms with van der Waals surface area (Å²) < 4.78 is 21.2. The van der Waals surface area contributed by atoms with Gasteiger partial charge in [0.1, 0.15) is 11.5 Å². The minimum Gasteiger partial charge on any atom is -0.403 e. The van der Waals surface area contributed by atoms with Gasteiger partial charge in [-0.1, -0.05) is 17.2 Å². The maximum Gasteiger partial charge on any atom is 0.320 e. The van der Waals surface area contributed by atoms with E-state index in [1.165, 1.54) is 6.07 Å². The quantitative estimate of drug-likeness (QED) is 0.494. The minimum atomic E-state index is -0.403. The van der Waals surface area contributed by atoms with E-state index < -0.39 is 5.82 Å². The summed E-state index contributed by atoms with van der Waals surface area (Å²) in [7, 11) is 1.86. The first-order valence-corrected chi connectivity index (χ1v) is 8.49. The number of aromatic amines is 1. The monoisotopic (exact) mass is 375 g/mol. The van der Waals surface area contributed by atoms with Gasteiger partial charge >= 0.3 is 6.01 Å². The molecule has 0 amide bonds. The van der Waals surface area contributed by atoms with Gasteiger partial charge in [-0.3, -0.25) is 4.68 Å². The molecule has 138 valence electrons. The summed E-state index contributed by atoms with van der Waals surface area (Å²) in [5.74, 6) is -0.102. The van der Waals surface area contributed by atoms with Crippen LogP contribution in [-0.4, -0.2) is 29.9 Å². The molecule has 1 aromatic carbocycles. The average molecular weight is 375 g/mol. The molecule has 9 heteroatoms. The van der Waals surface area contributed by atoms with Crippen molar-refractivity contribution >= 4 is 22.7 Å². The van der Waals surface area contributed by atoms with Crippen molar-refractivity contribution in [2.75, 3.05) is 5.32 Å². The molecule has 28 heavy (non-hydrogen) atoms. The van der Waals surface area contributed by atoms with Crippen molar-refractivity contribution in [2.45, 2.75) is 0 Å². The average Bonchev–Trinajstić information content (AvgIpc) is 3.42. The first-order valence-electron chi connectivity index (χ1n) is 8.49. The number of aryl methyl sites for hydroxylation is 1.